The Morgan fingerprint density at radius 3 is 2.45 bits per heavy atom. The number of hydrogen-bond donors (Lipinski definition) is 4. The molecule has 0 saturated carbocycles. The van der Waals surface area contributed by atoms with Gasteiger partial charge in [0.1, 0.15) is 11.5 Å². The maximum atomic E-state index is 12.8. The fraction of sp³-hybridized carbons (Fsp3) is 0.300. The molecule has 12 nitrogen and oxygen atoms in total. The van der Waals surface area contributed by atoms with E-state index in [-0.39, 0.29) is 53.4 Å². The number of benzene rings is 2. The molecule has 0 saturated heterocycles. The van der Waals surface area contributed by atoms with Crippen molar-refractivity contribution in [3.05, 3.63) is 70.8 Å². The van der Waals surface area contributed by atoms with Crippen LogP contribution >= 0.6 is 0 Å². The van der Waals surface area contributed by atoms with Crippen molar-refractivity contribution in [2.24, 2.45) is 0 Å². The summed E-state index contributed by atoms with van der Waals surface area (Å²) in [5.74, 6) is -0.918. The fourth-order valence-electron chi connectivity index (χ4n) is 5.19. The van der Waals surface area contributed by atoms with Crippen molar-refractivity contribution in [2.45, 2.75) is 52.1 Å². The number of H-pyrrole nitrogens is 1. The monoisotopic (exact) mass is 572 g/mol. The molecule has 42 heavy (non-hydrogen) atoms. The Morgan fingerprint density at radius 1 is 1.00 bits per heavy atom. The van der Waals surface area contributed by atoms with Gasteiger partial charge in [0.25, 0.3) is 11.8 Å². The molecule has 2 aromatic heterocycles. The first-order valence-corrected chi connectivity index (χ1v) is 13.7. The van der Waals surface area contributed by atoms with Crippen LogP contribution in [0.15, 0.2) is 59.5 Å². The molecule has 1 unspecified atom stereocenters. The maximum absolute atomic E-state index is 12.8. The highest BCUT2D eigenvalue weighted by molar-refractivity contribution is 6.13. The standard InChI is InChI=1S/C30H32N6O6/c1-17(2)21-15-22(25(38)16-24(21)37)29-32-33-30(42)36(29)20-5-6-23-19(14-20)10-12-34(23)13-11-31-26(39)7-4-18(3)35-27(40)8-9-28(35)41/h5-6,8-10,12,14-18,37-38H,4,7,11,13H2,1-3H3,(H,31,39)(H,33,42). The van der Waals surface area contributed by atoms with E-state index in [2.05, 4.69) is 15.5 Å². The molecule has 0 spiro atoms. The van der Waals surface area contributed by atoms with Gasteiger partial charge in [0.05, 0.1) is 11.3 Å². The third kappa shape index (κ3) is 5.42. The van der Waals surface area contributed by atoms with Crippen LogP contribution in [0.1, 0.15) is 45.1 Å². The molecule has 1 aliphatic rings. The van der Waals surface area contributed by atoms with Gasteiger partial charge >= 0.3 is 5.69 Å². The zero-order chi connectivity index (χ0) is 30.1. The molecule has 3 heterocycles. The third-order valence-electron chi connectivity index (χ3n) is 7.44. The molecule has 1 aliphatic heterocycles. The summed E-state index contributed by atoms with van der Waals surface area (Å²) in [5.41, 5.74) is 1.89. The number of imide groups is 1. The number of phenols is 2. The van der Waals surface area contributed by atoms with Crippen molar-refractivity contribution >= 4 is 28.6 Å². The number of fused-ring (bicyclic) bond motifs is 1. The first kappa shape index (κ1) is 28.4. The number of phenolic OH excluding ortho intramolecular Hbond substituents is 2. The minimum absolute atomic E-state index is 0.0169. The molecular formula is C30H32N6O6. The minimum atomic E-state index is -0.478. The number of aromatic nitrogens is 4. The van der Waals surface area contributed by atoms with Crippen LogP contribution in [0, 0.1) is 0 Å². The summed E-state index contributed by atoms with van der Waals surface area (Å²) in [6, 6.07) is 9.90. The molecule has 0 radical (unpaired) electrons. The predicted molar refractivity (Wildman–Crippen MR) is 155 cm³/mol. The number of amides is 3. The van der Waals surface area contributed by atoms with Crippen LogP contribution in [-0.4, -0.2) is 64.8 Å². The van der Waals surface area contributed by atoms with Gasteiger partial charge in [0, 0.05) is 60.9 Å². The van der Waals surface area contributed by atoms with Gasteiger partial charge in [-0.15, -0.1) is 0 Å². The average molecular weight is 573 g/mol. The summed E-state index contributed by atoms with van der Waals surface area (Å²) in [7, 11) is 0. The van der Waals surface area contributed by atoms with E-state index in [1.54, 1.807) is 19.1 Å². The molecule has 4 aromatic rings. The van der Waals surface area contributed by atoms with E-state index in [1.807, 2.05) is 42.8 Å². The van der Waals surface area contributed by atoms with Crippen LogP contribution < -0.4 is 11.0 Å². The highest BCUT2D eigenvalue weighted by atomic mass is 16.3. The van der Waals surface area contributed by atoms with Gasteiger partial charge in [0.15, 0.2) is 5.82 Å². The molecule has 218 valence electrons. The largest absolute Gasteiger partial charge is 0.508 e. The number of carbonyl (C=O) groups is 3. The Bertz CT molecular complexity index is 1760. The first-order valence-electron chi connectivity index (χ1n) is 13.7. The first-order chi connectivity index (χ1) is 20.0. The number of carbonyl (C=O) groups excluding carboxylic acids is 3. The molecule has 0 aliphatic carbocycles. The Kier molecular flexibility index (Phi) is 7.70. The molecule has 3 amide bonds. The van der Waals surface area contributed by atoms with Crippen molar-refractivity contribution in [1.82, 2.24) is 29.5 Å². The van der Waals surface area contributed by atoms with Crippen molar-refractivity contribution in [3.63, 3.8) is 0 Å². The summed E-state index contributed by atoms with van der Waals surface area (Å²) in [5, 5.41) is 31.1. The number of rotatable bonds is 10. The van der Waals surface area contributed by atoms with Crippen LogP contribution in [0.3, 0.4) is 0 Å². The summed E-state index contributed by atoms with van der Waals surface area (Å²) < 4.78 is 3.35. The Labute approximate surface area is 240 Å². The van der Waals surface area contributed by atoms with E-state index in [0.717, 1.165) is 15.8 Å². The van der Waals surface area contributed by atoms with E-state index in [4.69, 9.17) is 0 Å². The van der Waals surface area contributed by atoms with Gasteiger partial charge in [0.2, 0.25) is 5.91 Å². The third-order valence-corrected chi connectivity index (χ3v) is 7.44. The van der Waals surface area contributed by atoms with Gasteiger partial charge in [-0.05, 0) is 55.2 Å². The minimum Gasteiger partial charge on any atom is -0.508 e. The van der Waals surface area contributed by atoms with Crippen LogP contribution in [-0.2, 0) is 20.9 Å². The van der Waals surface area contributed by atoms with E-state index < -0.39 is 5.69 Å². The highest BCUT2D eigenvalue weighted by Crippen LogP contribution is 2.37. The van der Waals surface area contributed by atoms with Gasteiger partial charge in [-0.2, -0.15) is 5.10 Å². The summed E-state index contributed by atoms with van der Waals surface area (Å²) >= 11 is 0. The van der Waals surface area contributed by atoms with E-state index in [9.17, 15) is 29.4 Å². The lowest BCUT2D eigenvalue weighted by Crippen LogP contribution is -2.39. The van der Waals surface area contributed by atoms with Crippen molar-refractivity contribution < 1.29 is 24.6 Å². The van der Waals surface area contributed by atoms with Crippen molar-refractivity contribution in [2.75, 3.05) is 6.54 Å². The molecule has 12 heteroatoms. The Morgan fingerprint density at radius 2 is 1.74 bits per heavy atom. The zero-order valence-corrected chi connectivity index (χ0v) is 23.5. The fourth-order valence-corrected chi connectivity index (χ4v) is 5.19. The van der Waals surface area contributed by atoms with E-state index >= 15 is 0 Å². The Hall–Kier alpha value is -5.13. The second kappa shape index (κ2) is 11.4. The van der Waals surface area contributed by atoms with Gasteiger partial charge in [-0.3, -0.25) is 19.3 Å². The second-order valence-electron chi connectivity index (χ2n) is 10.6. The lowest BCUT2D eigenvalue weighted by Gasteiger charge is -2.22. The lowest BCUT2D eigenvalue weighted by atomic mass is 9.98. The topological polar surface area (TPSA) is 163 Å². The molecular weight excluding hydrogens is 540 g/mol. The highest BCUT2D eigenvalue weighted by Gasteiger charge is 2.28. The summed E-state index contributed by atoms with van der Waals surface area (Å²) in [6.07, 6.45) is 4.92. The SMILES string of the molecule is CC(C)c1cc(-c2n[nH]c(=O)n2-c2ccc3c(ccn3CCNC(=O)CCC(C)N3C(=O)C=CC3=O)c2)c(O)cc1O. The molecule has 4 N–H and O–H groups in total. The lowest BCUT2D eigenvalue weighted by molar-refractivity contribution is -0.139. The second-order valence-corrected chi connectivity index (χ2v) is 10.6. The molecule has 2 aromatic carbocycles. The van der Waals surface area contributed by atoms with Crippen molar-refractivity contribution in [3.8, 4) is 28.6 Å². The molecule has 0 fully saturated rings. The number of aromatic hydroxyl groups is 2. The Balaban J connectivity index is 1.27. The van der Waals surface area contributed by atoms with Crippen molar-refractivity contribution in [1.29, 1.82) is 0 Å². The van der Waals surface area contributed by atoms with Crippen LogP contribution in [0.2, 0.25) is 0 Å². The number of nitrogens with zero attached hydrogens (tertiary/aromatic N) is 4. The number of hydrogen-bond acceptors (Lipinski definition) is 7. The molecule has 0 bridgehead atoms. The number of nitrogens with one attached hydrogen (secondary N) is 2. The average Bonchev–Trinajstić information content (AvgIpc) is 3.63. The zero-order valence-electron chi connectivity index (χ0n) is 23.5. The van der Waals surface area contributed by atoms with Gasteiger partial charge < -0.3 is 20.1 Å². The number of aromatic amines is 1. The summed E-state index contributed by atoms with van der Waals surface area (Å²) in [4.78, 5) is 49.9. The van der Waals surface area contributed by atoms with Crippen LogP contribution in [0.4, 0.5) is 0 Å². The maximum Gasteiger partial charge on any atom is 0.348 e. The smallest absolute Gasteiger partial charge is 0.348 e. The van der Waals surface area contributed by atoms with E-state index in [1.165, 1.54) is 22.8 Å². The van der Waals surface area contributed by atoms with Crippen LogP contribution in [0.25, 0.3) is 28.0 Å². The molecule has 5 rings (SSSR count). The normalized spacial score (nSPS) is 14.0. The quantitative estimate of drug-likeness (QED) is 0.212. The summed E-state index contributed by atoms with van der Waals surface area (Å²) in [6.45, 7) is 6.46. The van der Waals surface area contributed by atoms with Gasteiger partial charge in [-0.25, -0.2) is 14.5 Å². The predicted octanol–water partition coefficient (Wildman–Crippen LogP) is 2.93. The molecule has 1 atom stereocenters. The van der Waals surface area contributed by atoms with Crippen LogP contribution in [0.5, 0.6) is 11.5 Å². The van der Waals surface area contributed by atoms with E-state index in [0.29, 0.717) is 36.3 Å². The van der Waals surface area contributed by atoms with Gasteiger partial charge in [-0.1, -0.05) is 13.8 Å².